The van der Waals surface area contributed by atoms with Gasteiger partial charge in [0.25, 0.3) is 0 Å². The van der Waals surface area contributed by atoms with Crippen molar-refractivity contribution in [2.45, 2.75) is 62.2 Å². The van der Waals surface area contributed by atoms with Crippen LogP contribution in [0.4, 0.5) is 0 Å². The van der Waals surface area contributed by atoms with E-state index in [1.165, 1.54) is 7.11 Å². The Bertz CT molecular complexity index is 1340. The van der Waals surface area contributed by atoms with Crippen molar-refractivity contribution in [3.63, 3.8) is 0 Å². The summed E-state index contributed by atoms with van der Waals surface area (Å²) in [6.07, 6.45) is 1.55. The topological polar surface area (TPSA) is 90.9 Å². The molecule has 1 aliphatic rings. The van der Waals surface area contributed by atoms with Gasteiger partial charge in [0.05, 0.1) is 24.2 Å². The zero-order chi connectivity index (χ0) is 25.9. The molecule has 2 unspecified atom stereocenters. The fourth-order valence-corrected chi connectivity index (χ4v) is 6.15. The Morgan fingerprint density at radius 2 is 1.86 bits per heavy atom. The van der Waals surface area contributed by atoms with E-state index in [9.17, 15) is 13.2 Å². The quantitative estimate of drug-likeness (QED) is 0.431. The fraction of sp³-hybridized carbons (Fsp3) is 0.393. The molecule has 1 heterocycles. The second kappa shape index (κ2) is 10.6. The maximum atomic E-state index is 14.0. The first-order valence-corrected chi connectivity index (χ1v) is 13.6. The Hall–Kier alpha value is -2.94. The van der Waals surface area contributed by atoms with Crippen LogP contribution in [0.2, 0.25) is 0 Å². The van der Waals surface area contributed by atoms with E-state index in [0.717, 1.165) is 23.7 Å². The molecule has 0 amide bonds. The third-order valence-electron chi connectivity index (χ3n) is 6.04. The summed E-state index contributed by atoms with van der Waals surface area (Å²) in [6.45, 7) is 6.55. The molecule has 1 saturated heterocycles. The van der Waals surface area contributed by atoms with Crippen LogP contribution in [0.25, 0.3) is 10.8 Å². The molecule has 2 atom stereocenters. The van der Waals surface area contributed by atoms with Crippen molar-refractivity contribution in [1.82, 2.24) is 5.32 Å². The van der Waals surface area contributed by atoms with E-state index in [-0.39, 0.29) is 17.5 Å². The van der Waals surface area contributed by atoms with Crippen LogP contribution in [0, 0.1) is 0 Å². The highest BCUT2D eigenvalue weighted by Gasteiger charge is 2.38. The number of carbonyl (C=O) groups excluding carboxylic acids is 1. The number of hydrogen-bond acceptors (Lipinski definition) is 7. The predicted octanol–water partition coefficient (Wildman–Crippen LogP) is 4.87. The summed E-state index contributed by atoms with van der Waals surface area (Å²) in [5.41, 5.74) is -0.536. The number of esters is 1. The molecule has 4 rings (SSSR count). The summed E-state index contributed by atoms with van der Waals surface area (Å²) in [4.78, 5) is 12.1. The van der Waals surface area contributed by atoms with E-state index in [4.69, 9.17) is 14.2 Å². The van der Waals surface area contributed by atoms with Crippen LogP contribution >= 0.6 is 0 Å². The number of rotatable bonds is 8. The monoisotopic (exact) mass is 511 g/mol. The first kappa shape index (κ1) is 26.1. The molecule has 36 heavy (non-hydrogen) atoms. The molecule has 1 fully saturated rings. The van der Waals surface area contributed by atoms with Crippen LogP contribution in [0.15, 0.2) is 65.6 Å². The lowest BCUT2D eigenvalue weighted by atomic mass is 10.1. The van der Waals surface area contributed by atoms with Gasteiger partial charge in [-0.2, -0.15) is 0 Å². The largest absolute Gasteiger partial charge is 0.487 e. The SMILES string of the molecule is COC(=O)c1cccc(COC(C2CCCN2)S(=O)(=O)c2cc(OC(C)(C)C)c3ccccc3c2)c1. The van der Waals surface area contributed by atoms with Gasteiger partial charge in [0.15, 0.2) is 5.44 Å². The van der Waals surface area contributed by atoms with Crippen molar-refractivity contribution in [3.8, 4) is 5.75 Å². The van der Waals surface area contributed by atoms with Gasteiger partial charge in [-0.3, -0.25) is 0 Å². The van der Waals surface area contributed by atoms with Crippen LogP contribution in [-0.2, 0) is 25.9 Å². The number of sulfone groups is 1. The minimum absolute atomic E-state index is 0.0336. The van der Waals surface area contributed by atoms with E-state index < -0.39 is 26.8 Å². The third kappa shape index (κ3) is 5.88. The molecule has 8 heteroatoms. The average Bonchev–Trinajstić information content (AvgIpc) is 3.37. The van der Waals surface area contributed by atoms with Gasteiger partial charge in [0.2, 0.25) is 9.84 Å². The van der Waals surface area contributed by atoms with Crippen molar-refractivity contribution in [2.24, 2.45) is 0 Å². The Kier molecular flexibility index (Phi) is 7.68. The normalized spacial score (nSPS) is 17.2. The molecular weight excluding hydrogens is 478 g/mol. The molecule has 0 bridgehead atoms. The molecule has 0 aromatic heterocycles. The molecule has 7 nitrogen and oxygen atoms in total. The van der Waals surface area contributed by atoms with Crippen molar-refractivity contribution < 1.29 is 27.4 Å². The Morgan fingerprint density at radius 3 is 2.56 bits per heavy atom. The van der Waals surface area contributed by atoms with E-state index >= 15 is 0 Å². The molecule has 192 valence electrons. The van der Waals surface area contributed by atoms with Crippen LogP contribution in [-0.4, -0.2) is 45.1 Å². The zero-order valence-corrected chi connectivity index (χ0v) is 21.9. The number of nitrogens with one attached hydrogen (secondary N) is 1. The molecule has 0 saturated carbocycles. The van der Waals surface area contributed by atoms with E-state index in [0.29, 0.717) is 23.3 Å². The summed E-state index contributed by atoms with van der Waals surface area (Å²) in [5.74, 6) is 0.0594. The minimum atomic E-state index is -3.91. The molecular formula is C28H33NO6S. The lowest BCUT2D eigenvalue weighted by Crippen LogP contribution is -2.42. The van der Waals surface area contributed by atoms with Crippen LogP contribution < -0.4 is 10.1 Å². The molecule has 0 radical (unpaired) electrons. The summed E-state index contributed by atoms with van der Waals surface area (Å²) in [7, 11) is -2.59. The lowest BCUT2D eigenvalue weighted by Gasteiger charge is -2.26. The number of hydrogen-bond donors (Lipinski definition) is 1. The number of fused-ring (bicyclic) bond motifs is 1. The third-order valence-corrected chi connectivity index (χ3v) is 8.01. The van der Waals surface area contributed by atoms with Crippen LogP contribution in [0.3, 0.4) is 0 Å². The smallest absolute Gasteiger partial charge is 0.337 e. The summed E-state index contributed by atoms with van der Waals surface area (Å²) >= 11 is 0. The Morgan fingerprint density at radius 1 is 1.08 bits per heavy atom. The maximum Gasteiger partial charge on any atom is 0.337 e. The second-order valence-corrected chi connectivity index (χ2v) is 12.0. The van der Waals surface area contributed by atoms with Crippen LogP contribution in [0.5, 0.6) is 5.75 Å². The number of methoxy groups -OCH3 is 1. The fourth-order valence-electron chi connectivity index (χ4n) is 4.41. The predicted molar refractivity (Wildman–Crippen MR) is 139 cm³/mol. The highest BCUT2D eigenvalue weighted by atomic mass is 32.2. The van der Waals surface area contributed by atoms with Crippen molar-refractivity contribution in [1.29, 1.82) is 0 Å². The Labute approximate surface area is 212 Å². The summed E-state index contributed by atoms with van der Waals surface area (Å²) in [5, 5.41) is 4.92. The molecule has 0 aliphatic carbocycles. The van der Waals surface area contributed by atoms with Crippen molar-refractivity contribution >= 4 is 26.6 Å². The first-order chi connectivity index (χ1) is 17.1. The van der Waals surface area contributed by atoms with Gasteiger partial charge in [-0.05, 0) is 75.4 Å². The summed E-state index contributed by atoms with van der Waals surface area (Å²) < 4.78 is 45.1. The minimum Gasteiger partial charge on any atom is -0.487 e. The van der Waals surface area contributed by atoms with Gasteiger partial charge in [-0.25, -0.2) is 13.2 Å². The van der Waals surface area contributed by atoms with Crippen molar-refractivity contribution in [3.05, 3.63) is 71.8 Å². The number of carbonyl (C=O) groups is 1. The molecule has 3 aromatic rings. The first-order valence-electron chi connectivity index (χ1n) is 12.1. The Balaban J connectivity index is 1.70. The second-order valence-electron chi connectivity index (χ2n) is 9.98. The molecule has 3 aromatic carbocycles. The van der Waals surface area contributed by atoms with Gasteiger partial charge < -0.3 is 19.5 Å². The van der Waals surface area contributed by atoms with Crippen LogP contribution in [0.1, 0.15) is 49.5 Å². The number of ether oxygens (including phenoxy) is 3. The highest BCUT2D eigenvalue weighted by Crippen LogP contribution is 2.34. The van der Waals surface area contributed by atoms with Gasteiger partial charge >= 0.3 is 5.97 Å². The van der Waals surface area contributed by atoms with Crippen molar-refractivity contribution in [2.75, 3.05) is 13.7 Å². The number of benzene rings is 3. The highest BCUT2D eigenvalue weighted by molar-refractivity contribution is 7.92. The molecule has 0 spiro atoms. The van der Waals surface area contributed by atoms with E-state index in [1.54, 1.807) is 36.4 Å². The standard InChI is InChI=1S/C28H33NO6S/c1-28(2,3)35-25-17-22(16-20-10-5-6-12-23(20)25)36(31,32)27(24-13-8-14-29-24)34-18-19-9-7-11-21(15-19)26(30)33-4/h5-7,9-12,15-17,24,27,29H,8,13-14,18H2,1-4H3. The summed E-state index contributed by atoms with van der Waals surface area (Å²) in [6, 6.07) is 17.3. The van der Waals surface area contributed by atoms with Gasteiger partial charge in [0.1, 0.15) is 11.4 Å². The zero-order valence-electron chi connectivity index (χ0n) is 21.1. The van der Waals surface area contributed by atoms with E-state index in [2.05, 4.69) is 5.32 Å². The molecule has 1 aliphatic heterocycles. The maximum absolute atomic E-state index is 14.0. The van der Waals surface area contributed by atoms with Gasteiger partial charge in [0, 0.05) is 11.4 Å². The van der Waals surface area contributed by atoms with Gasteiger partial charge in [-0.1, -0.05) is 36.4 Å². The lowest BCUT2D eigenvalue weighted by molar-refractivity contribution is 0.0598. The van der Waals surface area contributed by atoms with E-state index in [1.807, 2.05) is 45.0 Å². The molecule has 1 N–H and O–H groups in total. The van der Waals surface area contributed by atoms with Gasteiger partial charge in [-0.15, -0.1) is 0 Å². The average molecular weight is 512 g/mol.